The van der Waals surface area contributed by atoms with Gasteiger partial charge in [0.25, 0.3) is 0 Å². The van der Waals surface area contributed by atoms with Gasteiger partial charge in [0.2, 0.25) is 0 Å². The van der Waals surface area contributed by atoms with Crippen molar-refractivity contribution in [1.82, 2.24) is 10.3 Å². The summed E-state index contributed by atoms with van der Waals surface area (Å²) in [6, 6.07) is 19.0. The summed E-state index contributed by atoms with van der Waals surface area (Å²) in [5.74, 6) is 1.33. The van der Waals surface area contributed by atoms with E-state index in [1.807, 2.05) is 43.4 Å². The highest BCUT2D eigenvalue weighted by Gasteiger charge is 2.20. The largest absolute Gasteiger partial charge is 0.456 e. The van der Waals surface area contributed by atoms with Crippen molar-refractivity contribution < 1.29 is 11.0 Å². The molecule has 1 fully saturated rings. The predicted molar refractivity (Wildman–Crippen MR) is 122 cm³/mol. The Morgan fingerprint density at radius 2 is 1.73 bits per heavy atom. The van der Waals surface area contributed by atoms with E-state index in [-0.39, 0.29) is 7.46 Å². The minimum absolute atomic E-state index is 0. The number of benzene rings is 2. The van der Waals surface area contributed by atoms with E-state index in [0.29, 0.717) is 23.2 Å². The van der Waals surface area contributed by atoms with Gasteiger partial charge in [-0.3, -0.25) is 4.98 Å². The molecule has 4 rings (SSSR count). The first kappa shape index (κ1) is 19.7. The van der Waals surface area contributed by atoms with E-state index < -0.39 is 0 Å². The number of hydrogen-bond donors (Lipinski definition) is 3. The number of likely N-dealkylation sites (N-methyl/N-ethyl adjacent to an activating group) is 1. The summed E-state index contributed by atoms with van der Waals surface area (Å²) >= 11 is 0. The van der Waals surface area contributed by atoms with E-state index >= 15 is 0 Å². The third-order valence-corrected chi connectivity index (χ3v) is 5.07. The Bertz CT molecular complexity index is 968. The number of rotatable bonds is 6. The van der Waals surface area contributed by atoms with E-state index in [9.17, 15) is 4.79 Å². The Morgan fingerprint density at radius 3 is 2.33 bits per heavy atom. The average molecular weight is 406 g/mol. The van der Waals surface area contributed by atoms with Crippen molar-refractivity contribution in [1.29, 1.82) is 0 Å². The standard InChI is InChI=1S/C23H25N5O2.H2/c1-24-19-12-14-28(16-19)20-8-4-17(5-9-20)26-23(29)27-18-6-10-21(11-7-18)30-22-3-2-13-25-15-22;/h2-11,13,15,19,24H,12,14,16H2,1H3,(H2,26,27,29);1H. The fourth-order valence-corrected chi connectivity index (χ4v) is 3.43. The minimum atomic E-state index is -0.292. The summed E-state index contributed by atoms with van der Waals surface area (Å²) in [5.41, 5.74) is 2.60. The second-order valence-electron chi connectivity index (χ2n) is 7.16. The molecule has 0 bridgehead atoms. The molecule has 7 nitrogen and oxygen atoms in total. The van der Waals surface area contributed by atoms with Crippen LogP contribution in [0.5, 0.6) is 11.5 Å². The summed E-state index contributed by atoms with van der Waals surface area (Å²) < 4.78 is 5.70. The zero-order valence-corrected chi connectivity index (χ0v) is 16.8. The van der Waals surface area contributed by atoms with Crippen molar-refractivity contribution in [2.24, 2.45) is 0 Å². The Morgan fingerprint density at radius 1 is 1.03 bits per heavy atom. The maximum atomic E-state index is 12.3. The molecule has 2 amide bonds. The van der Waals surface area contributed by atoms with Crippen molar-refractivity contribution >= 4 is 23.1 Å². The van der Waals surface area contributed by atoms with Crippen LogP contribution in [0.25, 0.3) is 0 Å². The molecule has 0 radical (unpaired) electrons. The van der Waals surface area contributed by atoms with Gasteiger partial charge in [-0.25, -0.2) is 4.79 Å². The predicted octanol–water partition coefficient (Wildman–Crippen LogP) is 4.56. The molecule has 156 valence electrons. The maximum absolute atomic E-state index is 12.3. The number of nitrogens with one attached hydrogen (secondary N) is 3. The van der Waals surface area contributed by atoms with E-state index in [1.165, 1.54) is 5.69 Å². The molecule has 0 spiro atoms. The van der Waals surface area contributed by atoms with Gasteiger partial charge in [0.1, 0.15) is 11.5 Å². The van der Waals surface area contributed by atoms with Crippen molar-refractivity contribution in [2.45, 2.75) is 12.5 Å². The first-order chi connectivity index (χ1) is 14.7. The Labute approximate surface area is 177 Å². The van der Waals surface area contributed by atoms with Gasteiger partial charge in [-0.05, 0) is 74.1 Å². The van der Waals surface area contributed by atoms with Gasteiger partial charge in [-0.1, -0.05) is 0 Å². The van der Waals surface area contributed by atoms with Crippen LogP contribution in [0.15, 0.2) is 73.1 Å². The molecule has 0 saturated carbocycles. The van der Waals surface area contributed by atoms with E-state index in [0.717, 1.165) is 25.2 Å². The number of nitrogens with zero attached hydrogens (tertiary/aromatic N) is 2. The lowest BCUT2D eigenvalue weighted by Gasteiger charge is -2.19. The lowest BCUT2D eigenvalue weighted by Crippen LogP contribution is -2.29. The molecule has 3 N–H and O–H groups in total. The third-order valence-electron chi connectivity index (χ3n) is 5.07. The summed E-state index contributed by atoms with van der Waals surface area (Å²) in [7, 11) is 2.00. The van der Waals surface area contributed by atoms with Crippen LogP contribution in [0.1, 0.15) is 7.85 Å². The number of amides is 2. The lowest BCUT2D eigenvalue weighted by molar-refractivity contribution is 0.262. The Kier molecular flexibility index (Phi) is 6.10. The second-order valence-corrected chi connectivity index (χ2v) is 7.16. The molecular weight excluding hydrogens is 378 g/mol. The zero-order valence-electron chi connectivity index (χ0n) is 16.8. The summed E-state index contributed by atoms with van der Waals surface area (Å²) in [4.78, 5) is 18.7. The maximum Gasteiger partial charge on any atom is 0.323 e. The van der Waals surface area contributed by atoms with Crippen molar-refractivity contribution in [3.05, 3.63) is 73.1 Å². The van der Waals surface area contributed by atoms with Crippen molar-refractivity contribution in [2.75, 3.05) is 35.7 Å². The molecule has 2 heterocycles. The number of pyridine rings is 1. The molecular formula is C23H27N5O2. The van der Waals surface area contributed by atoms with Crippen LogP contribution < -0.4 is 25.6 Å². The van der Waals surface area contributed by atoms with Gasteiger partial charge in [0, 0.05) is 43.8 Å². The summed E-state index contributed by atoms with van der Waals surface area (Å²) in [6.07, 6.45) is 4.48. The van der Waals surface area contributed by atoms with Gasteiger partial charge in [0.15, 0.2) is 0 Å². The highest BCUT2D eigenvalue weighted by atomic mass is 16.5. The first-order valence-electron chi connectivity index (χ1n) is 9.98. The average Bonchev–Trinajstić information content (AvgIpc) is 3.26. The number of carbonyl (C=O) groups excluding carboxylic acids is 1. The molecule has 1 aliphatic heterocycles. The van der Waals surface area contributed by atoms with Gasteiger partial charge in [-0.2, -0.15) is 0 Å². The molecule has 1 aliphatic rings. The molecule has 1 saturated heterocycles. The van der Waals surface area contributed by atoms with Gasteiger partial charge in [-0.15, -0.1) is 0 Å². The topological polar surface area (TPSA) is 78.5 Å². The molecule has 0 aliphatic carbocycles. The molecule has 1 aromatic heterocycles. The van der Waals surface area contributed by atoms with Crippen LogP contribution in [-0.4, -0.2) is 37.2 Å². The summed E-state index contributed by atoms with van der Waals surface area (Å²) in [6.45, 7) is 2.05. The van der Waals surface area contributed by atoms with Gasteiger partial charge >= 0.3 is 6.03 Å². The van der Waals surface area contributed by atoms with Gasteiger partial charge < -0.3 is 25.6 Å². The van der Waals surface area contributed by atoms with Crippen molar-refractivity contribution in [3.63, 3.8) is 0 Å². The molecule has 1 unspecified atom stereocenters. The number of carbonyl (C=O) groups is 1. The highest BCUT2D eigenvalue weighted by molar-refractivity contribution is 5.99. The summed E-state index contributed by atoms with van der Waals surface area (Å²) in [5, 5.41) is 9.01. The number of anilines is 3. The first-order valence-corrected chi connectivity index (χ1v) is 9.98. The molecule has 3 aromatic rings. The zero-order chi connectivity index (χ0) is 20.8. The van der Waals surface area contributed by atoms with Crippen LogP contribution in [0.4, 0.5) is 21.9 Å². The molecule has 2 aromatic carbocycles. The van der Waals surface area contributed by atoms with Crippen LogP contribution in [-0.2, 0) is 0 Å². The third kappa shape index (κ3) is 5.07. The van der Waals surface area contributed by atoms with Crippen LogP contribution >= 0.6 is 0 Å². The van der Waals surface area contributed by atoms with E-state index in [2.05, 4.69) is 25.8 Å². The van der Waals surface area contributed by atoms with Crippen LogP contribution in [0.3, 0.4) is 0 Å². The number of urea groups is 1. The Hall–Kier alpha value is -3.58. The number of aromatic nitrogens is 1. The van der Waals surface area contributed by atoms with Crippen molar-refractivity contribution in [3.8, 4) is 11.5 Å². The number of hydrogen-bond acceptors (Lipinski definition) is 5. The number of ether oxygens (including phenoxy) is 1. The SMILES string of the molecule is CNC1CCN(c2ccc(NC(=O)Nc3ccc(Oc4cccnc4)cc3)cc2)C1.[HH]. The second kappa shape index (κ2) is 9.28. The normalized spacial score (nSPS) is 15.6. The minimum Gasteiger partial charge on any atom is -0.456 e. The van der Waals surface area contributed by atoms with E-state index in [4.69, 9.17) is 4.74 Å². The molecule has 1 atom stereocenters. The Balaban J connectivity index is 0.00000272. The fourth-order valence-electron chi connectivity index (χ4n) is 3.43. The highest BCUT2D eigenvalue weighted by Crippen LogP contribution is 2.24. The molecule has 7 heteroatoms. The van der Waals surface area contributed by atoms with Gasteiger partial charge in [0.05, 0.1) is 6.20 Å². The lowest BCUT2D eigenvalue weighted by atomic mass is 10.2. The van der Waals surface area contributed by atoms with Crippen LogP contribution in [0.2, 0.25) is 0 Å². The smallest absolute Gasteiger partial charge is 0.323 e. The monoisotopic (exact) mass is 405 g/mol. The van der Waals surface area contributed by atoms with E-state index in [1.54, 1.807) is 36.7 Å². The fraction of sp³-hybridized carbons (Fsp3) is 0.217. The molecule has 30 heavy (non-hydrogen) atoms. The quantitative estimate of drug-likeness (QED) is 0.560. The van der Waals surface area contributed by atoms with Crippen LogP contribution in [0, 0.1) is 0 Å².